The van der Waals surface area contributed by atoms with Crippen LogP contribution in [0.1, 0.15) is 37.8 Å². The summed E-state index contributed by atoms with van der Waals surface area (Å²) in [6.07, 6.45) is 2.46. The van der Waals surface area contributed by atoms with Crippen LogP contribution in [0.25, 0.3) is 11.1 Å². The average molecular weight is 333 g/mol. The van der Waals surface area contributed by atoms with Crippen LogP contribution < -0.4 is 5.32 Å². The molecule has 1 heterocycles. The van der Waals surface area contributed by atoms with E-state index in [-0.39, 0.29) is 0 Å². The van der Waals surface area contributed by atoms with Gasteiger partial charge in [-0.05, 0) is 48.7 Å². The Kier molecular flexibility index (Phi) is 5.86. The maximum Gasteiger partial charge on any atom is 0.0998 e. The van der Waals surface area contributed by atoms with Crippen molar-refractivity contribution in [2.75, 3.05) is 13.1 Å². The molecule has 0 amide bonds. The molecule has 1 saturated heterocycles. The van der Waals surface area contributed by atoms with Crippen LogP contribution in [0.2, 0.25) is 0 Å². The van der Waals surface area contributed by atoms with E-state index in [4.69, 9.17) is 0 Å². The number of likely N-dealkylation sites (tertiary alicyclic amines) is 1. The molecule has 0 spiro atoms. The first-order valence-electron chi connectivity index (χ1n) is 9.22. The summed E-state index contributed by atoms with van der Waals surface area (Å²) in [6, 6.07) is 20.0. The van der Waals surface area contributed by atoms with E-state index in [1.54, 1.807) is 0 Å². The Morgan fingerprint density at radius 2 is 1.76 bits per heavy atom. The van der Waals surface area contributed by atoms with Gasteiger partial charge in [0.25, 0.3) is 0 Å². The normalized spacial score (nSPS) is 16.1. The Bertz CT molecular complexity index is 720. The number of piperidine rings is 1. The molecule has 3 rings (SSSR count). The maximum atomic E-state index is 9.26. The Hall–Kier alpha value is -2.15. The highest BCUT2D eigenvalue weighted by Gasteiger charge is 2.19. The number of nitriles is 1. The summed E-state index contributed by atoms with van der Waals surface area (Å²) < 4.78 is 0. The molecule has 1 fully saturated rings. The summed E-state index contributed by atoms with van der Waals surface area (Å²) in [4.78, 5) is 2.54. The lowest BCUT2D eigenvalue weighted by atomic mass is 9.99. The lowest BCUT2D eigenvalue weighted by Gasteiger charge is -2.33. The summed E-state index contributed by atoms with van der Waals surface area (Å²) >= 11 is 0. The Labute approximate surface area is 151 Å². The molecule has 1 aliphatic rings. The van der Waals surface area contributed by atoms with Crippen molar-refractivity contribution in [3.63, 3.8) is 0 Å². The van der Waals surface area contributed by atoms with E-state index in [2.05, 4.69) is 54.4 Å². The summed E-state index contributed by atoms with van der Waals surface area (Å²) in [5.74, 6) is 0. The van der Waals surface area contributed by atoms with Crippen molar-refractivity contribution in [2.45, 2.75) is 45.3 Å². The SMILES string of the molecule is CC(C)NC1CCN(Cc2ccc(-c3ccccc3C#N)cc2)CC1. The first-order chi connectivity index (χ1) is 12.2. The van der Waals surface area contributed by atoms with Crippen LogP contribution in [0.4, 0.5) is 0 Å². The van der Waals surface area contributed by atoms with Gasteiger partial charge in [-0.3, -0.25) is 4.90 Å². The first-order valence-corrected chi connectivity index (χ1v) is 9.22. The Morgan fingerprint density at radius 3 is 2.40 bits per heavy atom. The number of nitrogens with zero attached hydrogens (tertiary/aromatic N) is 2. The molecule has 0 aromatic heterocycles. The van der Waals surface area contributed by atoms with Gasteiger partial charge < -0.3 is 5.32 Å². The van der Waals surface area contributed by atoms with E-state index < -0.39 is 0 Å². The van der Waals surface area contributed by atoms with Crippen LogP contribution >= 0.6 is 0 Å². The highest BCUT2D eigenvalue weighted by Crippen LogP contribution is 2.24. The summed E-state index contributed by atoms with van der Waals surface area (Å²) in [5, 5.41) is 12.9. The second-order valence-corrected chi connectivity index (χ2v) is 7.23. The van der Waals surface area contributed by atoms with E-state index in [9.17, 15) is 5.26 Å². The zero-order chi connectivity index (χ0) is 17.6. The fraction of sp³-hybridized carbons (Fsp3) is 0.409. The molecule has 0 radical (unpaired) electrons. The zero-order valence-electron chi connectivity index (χ0n) is 15.2. The van der Waals surface area contributed by atoms with Gasteiger partial charge in [0.05, 0.1) is 11.6 Å². The fourth-order valence-corrected chi connectivity index (χ4v) is 3.61. The van der Waals surface area contributed by atoms with E-state index in [1.807, 2.05) is 24.3 Å². The van der Waals surface area contributed by atoms with Crippen molar-refractivity contribution in [3.8, 4) is 17.2 Å². The molecular weight excluding hydrogens is 306 g/mol. The number of hydrogen-bond acceptors (Lipinski definition) is 3. The van der Waals surface area contributed by atoms with Crippen LogP contribution in [-0.2, 0) is 6.54 Å². The van der Waals surface area contributed by atoms with Crippen LogP contribution in [0.5, 0.6) is 0 Å². The van der Waals surface area contributed by atoms with E-state index >= 15 is 0 Å². The largest absolute Gasteiger partial charge is 0.312 e. The molecule has 0 saturated carbocycles. The molecule has 25 heavy (non-hydrogen) atoms. The van der Waals surface area contributed by atoms with Gasteiger partial charge in [-0.1, -0.05) is 56.3 Å². The Balaban J connectivity index is 1.60. The van der Waals surface area contributed by atoms with Crippen molar-refractivity contribution in [1.82, 2.24) is 10.2 Å². The standard InChI is InChI=1S/C22H27N3/c1-17(2)24-21-11-13-25(14-12-21)16-18-7-9-19(10-8-18)22-6-4-3-5-20(22)15-23/h3-10,17,21,24H,11-14,16H2,1-2H3. The van der Waals surface area contributed by atoms with Gasteiger partial charge in [0.2, 0.25) is 0 Å². The maximum absolute atomic E-state index is 9.26. The van der Waals surface area contributed by atoms with Crippen LogP contribution in [0.15, 0.2) is 48.5 Å². The highest BCUT2D eigenvalue weighted by atomic mass is 15.1. The van der Waals surface area contributed by atoms with E-state index in [1.165, 1.54) is 18.4 Å². The van der Waals surface area contributed by atoms with Crippen molar-refractivity contribution >= 4 is 0 Å². The molecule has 0 bridgehead atoms. The molecule has 2 aromatic rings. The van der Waals surface area contributed by atoms with Gasteiger partial charge in [0.1, 0.15) is 0 Å². The molecule has 2 aromatic carbocycles. The van der Waals surface area contributed by atoms with Gasteiger partial charge >= 0.3 is 0 Å². The predicted octanol–water partition coefficient (Wildman–Crippen LogP) is 4.19. The minimum atomic E-state index is 0.570. The third-order valence-corrected chi connectivity index (χ3v) is 4.88. The lowest BCUT2D eigenvalue weighted by molar-refractivity contribution is 0.186. The van der Waals surface area contributed by atoms with Crippen LogP contribution in [0.3, 0.4) is 0 Å². The van der Waals surface area contributed by atoms with Gasteiger partial charge in [-0.25, -0.2) is 0 Å². The second kappa shape index (κ2) is 8.29. The average Bonchev–Trinajstić information content (AvgIpc) is 2.63. The molecular formula is C22H27N3. The van der Waals surface area contributed by atoms with Crippen LogP contribution in [-0.4, -0.2) is 30.1 Å². The van der Waals surface area contributed by atoms with Crippen molar-refractivity contribution in [3.05, 3.63) is 59.7 Å². The zero-order valence-corrected chi connectivity index (χ0v) is 15.2. The minimum Gasteiger partial charge on any atom is -0.312 e. The molecule has 1 N–H and O–H groups in total. The number of benzene rings is 2. The quantitative estimate of drug-likeness (QED) is 0.892. The smallest absolute Gasteiger partial charge is 0.0998 e. The van der Waals surface area contributed by atoms with Gasteiger partial charge in [-0.2, -0.15) is 5.26 Å². The monoisotopic (exact) mass is 333 g/mol. The first kappa shape index (κ1) is 17.7. The lowest BCUT2D eigenvalue weighted by Crippen LogP contribution is -2.44. The van der Waals surface area contributed by atoms with E-state index in [0.29, 0.717) is 12.1 Å². The molecule has 1 aliphatic heterocycles. The Morgan fingerprint density at radius 1 is 1.08 bits per heavy atom. The summed E-state index contributed by atoms with van der Waals surface area (Å²) in [5.41, 5.74) is 4.20. The van der Waals surface area contributed by atoms with Crippen molar-refractivity contribution in [1.29, 1.82) is 5.26 Å². The molecule has 0 unspecified atom stereocenters. The molecule has 130 valence electrons. The number of rotatable bonds is 5. The topological polar surface area (TPSA) is 39.1 Å². The summed E-state index contributed by atoms with van der Waals surface area (Å²) in [6.45, 7) is 7.76. The number of nitrogens with one attached hydrogen (secondary N) is 1. The number of hydrogen-bond donors (Lipinski definition) is 1. The molecule has 3 nitrogen and oxygen atoms in total. The van der Waals surface area contributed by atoms with Crippen molar-refractivity contribution < 1.29 is 0 Å². The van der Waals surface area contributed by atoms with E-state index in [0.717, 1.165) is 36.3 Å². The second-order valence-electron chi connectivity index (χ2n) is 7.23. The van der Waals surface area contributed by atoms with Gasteiger partial charge in [-0.15, -0.1) is 0 Å². The third-order valence-electron chi connectivity index (χ3n) is 4.88. The van der Waals surface area contributed by atoms with Gasteiger partial charge in [0, 0.05) is 18.6 Å². The third kappa shape index (κ3) is 4.69. The van der Waals surface area contributed by atoms with Crippen LogP contribution in [0, 0.1) is 11.3 Å². The molecule has 3 heteroatoms. The molecule has 0 aliphatic carbocycles. The van der Waals surface area contributed by atoms with Gasteiger partial charge in [0.15, 0.2) is 0 Å². The molecule has 0 atom stereocenters. The fourth-order valence-electron chi connectivity index (χ4n) is 3.61. The van der Waals surface area contributed by atoms with Crippen molar-refractivity contribution in [2.24, 2.45) is 0 Å². The highest BCUT2D eigenvalue weighted by molar-refractivity contribution is 5.70. The minimum absolute atomic E-state index is 0.570. The summed E-state index contributed by atoms with van der Waals surface area (Å²) in [7, 11) is 0. The predicted molar refractivity (Wildman–Crippen MR) is 103 cm³/mol.